The van der Waals surface area contributed by atoms with Gasteiger partial charge in [-0.15, -0.1) is 11.3 Å². The molecule has 1 fully saturated rings. The zero-order chi connectivity index (χ0) is 18.7. The van der Waals surface area contributed by atoms with E-state index >= 15 is 0 Å². The van der Waals surface area contributed by atoms with E-state index < -0.39 is 17.8 Å². The predicted molar refractivity (Wildman–Crippen MR) is 99.5 cm³/mol. The van der Waals surface area contributed by atoms with Crippen molar-refractivity contribution in [3.63, 3.8) is 0 Å². The van der Waals surface area contributed by atoms with Crippen LogP contribution in [0.1, 0.15) is 16.0 Å². The van der Waals surface area contributed by atoms with E-state index in [0.29, 0.717) is 13.0 Å². The van der Waals surface area contributed by atoms with Crippen LogP contribution in [0.5, 0.6) is 0 Å². The van der Waals surface area contributed by atoms with E-state index in [9.17, 15) is 14.4 Å². The summed E-state index contributed by atoms with van der Waals surface area (Å²) in [5.41, 5.74) is 2.27. The van der Waals surface area contributed by atoms with Gasteiger partial charge in [-0.05, 0) is 36.5 Å². The number of rotatable bonds is 7. The van der Waals surface area contributed by atoms with Crippen LogP contribution < -0.4 is 0 Å². The second-order valence-corrected chi connectivity index (χ2v) is 7.42. The van der Waals surface area contributed by atoms with Crippen LogP contribution in [-0.4, -0.2) is 52.8 Å². The van der Waals surface area contributed by atoms with Gasteiger partial charge in [-0.3, -0.25) is 19.4 Å². The molecule has 1 aromatic heterocycles. The quantitative estimate of drug-likeness (QED) is 0.554. The number of aryl methyl sites for hydroxylation is 1. The Balaban J connectivity index is 1.62. The lowest BCUT2D eigenvalue weighted by molar-refractivity contribution is -0.143. The van der Waals surface area contributed by atoms with Crippen molar-refractivity contribution < 1.29 is 14.4 Å². The maximum Gasteiger partial charge on any atom is 0.335 e. The number of carbonyl (C=O) groups is 3. The number of hydrogen-bond donors (Lipinski definition) is 0. The van der Waals surface area contributed by atoms with Gasteiger partial charge in [0.25, 0.3) is 0 Å². The average Bonchev–Trinajstić information content (AvgIpc) is 3.20. The molecule has 0 aliphatic carbocycles. The summed E-state index contributed by atoms with van der Waals surface area (Å²) in [5, 5.41) is 1.95. The van der Waals surface area contributed by atoms with E-state index in [1.54, 1.807) is 11.3 Å². The molecular formula is C19H21N3O3S. The second kappa shape index (κ2) is 7.80. The molecular weight excluding hydrogens is 350 g/mol. The fraction of sp³-hybridized carbons (Fsp3) is 0.316. The van der Waals surface area contributed by atoms with Gasteiger partial charge in [0.15, 0.2) is 0 Å². The van der Waals surface area contributed by atoms with E-state index in [2.05, 4.69) is 0 Å². The summed E-state index contributed by atoms with van der Waals surface area (Å²) in [4.78, 5) is 41.9. The molecule has 1 aliphatic rings. The van der Waals surface area contributed by atoms with Crippen LogP contribution in [0.25, 0.3) is 0 Å². The molecule has 0 atom stereocenters. The molecule has 136 valence electrons. The van der Waals surface area contributed by atoms with E-state index in [4.69, 9.17) is 0 Å². The van der Waals surface area contributed by atoms with Gasteiger partial charge >= 0.3 is 17.8 Å². The lowest BCUT2D eigenvalue weighted by Crippen LogP contribution is -2.40. The van der Waals surface area contributed by atoms with Gasteiger partial charge in [0.2, 0.25) is 0 Å². The number of carbonyl (C=O) groups excluding carboxylic acids is 3. The summed E-state index contributed by atoms with van der Waals surface area (Å²) in [7, 11) is 1.83. The highest BCUT2D eigenvalue weighted by Gasteiger charge is 2.44. The monoisotopic (exact) mass is 371 g/mol. The summed E-state index contributed by atoms with van der Waals surface area (Å²) < 4.78 is 0. The summed E-state index contributed by atoms with van der Waals surface area (Å²) in [6.07, 6.45) is 0.565. The SMILES string of the molecule is Cc1ccccc1CN(C)CN1C(=O)C(=O)N(CCc2cccs2)C1=O. The molecule has 26 heavy (non-hydrogen) atoms. The normalized spacial score (nSPS) is 14.8. The van der Waals surface area contributed by atoms with Crippen molar-refractivity contribution in [2.24, 2.45) is 0 Å². The van der Waals surface area contributed by atoms with E-state index in [1.165, 1.54) is 0 Å². The number of nitrogens with zero attached hydrogens (tertiary/aromatic N) is 3. The zero-order valence-electron chi connectivity index (χ0n) is 14.8. The lowest BCUT2D eigenvalue weighted by Gasteiger charge is -2.23. The molecule has 0 N–H and O–H groups in total. The van der Waals surface area contributed by atoms with Crippen molar-refractivity contribution in [3.8, 4) is 0 Å². The highest BCUT2D eigenvalue weighted by atomic mass is 32.1. The Morgan fingerprint density at radius 1 is 1.00 bits per heavy atom. The maximum atomic E-state index is 12.5. The minimum absolute atomic E-state index is 0.0905. The molecule has 6 nitrogen and oxygen atoms in total. The first kappa shape index (κ1) is 18.3. The Hall–Kier alpha value is -2.51. The molecule has 0 bridgehead atoms. The van der Waals surface area contributed by atoms with E-state index in [-0.39, 0.29) is 13.2 Å². The van der Waals surface area contributed by atoms with Crippen LogP contribution in [-0.2, 0) is 22.6 Å². The number of imide groups is 2. The minimum atomic E-state index is -0.752. The van der Waals surface area contributed by atoms with Crippen LogP contribution in [0.4, 0.5) is 4.79 Å². The minimum Gasteiger partial charge on any atom is -0.284 e. The molecule has 1 saturated heterocycles. The molecule has 3 rings (SSSR count). The fourth-order valence-corrected chi connectivity index (χ4v) is 3.62. The predicted octanol–water partition coefficient (Wildman–Crippen LogP) is 2.48. The highest BCUT2D eigenvalue weighted by molar-refractivity contribution is 7.09. The molecule has 4 amide bonds. The number of hydrogen-bond acceptors (Lipinski definition) is 5. The molecule has 1 aromatic carbocycles. The Morgan fingerprint density at radius 3 is 2.42 bits per heavy atom. The molecule has 0 spiro atoms. The van der Waals surface area contributed by atoms with Gasteiger partial charge in [-0.1, -0.05) is 30.3 Å². The second-order valence-electron chi connectivity index (χ2n) is 6.38. The van der Waals surface area contributed by atoms with Crippen LogP contribution in [0, 0.1) is 6.92 Å². The summed E-state index contributed by atoms with van der Waals surface area (Å²) in [5.74, 6) is -1.49. The number of amides is 4. The lowest BCUT2D eigenvalue weighted by atomic mass is 10.1. The van der Waals surface area contributed by atoms with Crippen LogP contribution >= 0.6 is 11.3 Å². The van der Waals surface area contributed by atoms with Crippen molar-refractivity contribution in [3.05, 3.63) is 57.8 Å². The van der Waals surface area contributed by atoms with Crippen LogP contribution in [0.3, 0.4) is 0 Å². The topological polar surface area (TPSA) is 60.9 Å². The maximum absolute atomic E-state index is 12.5. The Bertz CT molecular complexity index is 819. The Morgan fingerprint density at radius 2 is 1.73 bits per heavy atom. The summed E-state index contributed by atoms with van der Waals surface area (Å²) >= 11 is 1.57. The fourth-order valence-electron chi connectivity index (χ4n) is 2.92. The smallest absolute Gasteiger partial charge is 0.284 e. The van der Waals surface area contributed by atoms with E-state index in [0.717, 1.165) is 25.8 Å². The van der Waals surface area contributed by atoms with Crippen molar-refractivity contribution >= 4 is 29.2 Å². The molecule has 2 heterocycles. The summed E-state index contributed by atoms with van der Waals surface area (Å²) in [6, 6.07) is 11.3. The Kier molecular flexibility index (Phi) is 5.49. The summed E-state index contributed by atoms with van der Waals surface area (Å²) in [6.45, 7) is 2.92. The van der Waals surface area contributed by atoms with Crippen molar-refractivity contribution in [2.45, 2.75) is 19.9 Å². The van der Waals surface area contributed by atoms with Crippen LogP contribution in [0.2, 0.25) is 0 Å². The van der Waals surface area contributed by atoms with Crippen molar-refractivity contribution in [2.75, 3.05) is 20.3 Å². The zero-order valence-corrected chi connectivity index (χ0v) is 15.7. The van der Waals surface area contributed by atoms with Gasteiger partial charge < -0.3 is 0 Å². The molecule has 0 radical (unpaired) electrons. The third-order valence-corrected chi connectivity index (χ3v) is 5.32. The van der Waals surface area contributed by atoms with E-state index in [1.807, 2.05) is 60.6 Å². The van der Waals surface area contributed by atoms with Gasteiger partial charge in [0.1, 0.15) is 0 Å². The molecule has 7 heteroatoms. The third kappa shape index (κ3) is 3.84. The Labute approximate surface area is 156 Å². The van der Waals surface area contributed by atoms with Crippen molar-refractivity contribution in [1.82, 2.24) is 14.7 Å². The molecule has 0 unspecified atom stereocenters. The number of urea groups is 1. The molecule has 1 aliphatic heterocycles. The van der Waals surface area contributed by atoms with Gasteiger partial charge in [-0.25, -0.2) is 9.69 Å². The van der Waals surface area contributed by atoms with Gasteiger partial charge in [-0.2, -0.15) is 0 Å². The van der Waals surface area contributed by atoms with Gasteiger partial charge in [0, 0.05) is 24.4 Å². The number of thiophene rings is 1. The van der Waals surface area contributed by atoms with Gasteiger partial charge in [0.05, 0.1) is 6.67 Å². The standard InChI is InChI=1S/C19H21N3O3S/c1-14-6-3-4-7-15(14)12-20(2)13-22-18(24)17(23)21(19(22)25)10-9-16-8-5-11-26-16/h3-8,11H,9-10,12-13H2,1-2H3. The average molecular weight is 371 g/mol. The molecule has 0 saturated carbocycles. The number of benzene rings is 1. The first-order valence-electron chi connectivity index (χ1n) is 8.40. The largest absolute Gasteiger partial charge is 0.335 e. The highest BCUT2D eigenvalue weighted by Crippen LogP contribution is 2.17. The first-order chi connectivity index (χ1) is 12.5. The first-order valence-corrected chi connectivity index (χ1v) is 9.28. The third-order valence-electron chi connectivity index (χ3n) is 4.38. The van der Waals surface area contributed by atoms with Crippen molar-refractivity contribution in [1.29, 1.82) is 0 Å². The van der Waals surface area contributed by atoms with Crippen LogP contribution in [0.15, 0.2) is 41.8 Å². The molecule has 2 aromatic rings.